The molecule has 140 valence electrons. The van der Waals surface area contributed by atoms with Gasteiger partial charge in [-0.15, -0.1) is 0 Å². The minimum atomic E-state index is -0.826. The van der Waals surface area contributed by atoms with Crippen molar-refractivity contribution in [3.05, 3.63) is 30.1 Å². The Labute approximate surface area is 158 Å². The van der Waals surface area contributed by atoms with Crippen LogP contribution in [0.15, 0.2) is 34.3 Å². The van der Waals surface area contributed by atoms with E-state index in [9.17, 15) is 18.8 Å². The van der Waals surface area contributed by atoms with Gasteiger partial charge in [-0.2, -0.15) is 9.48 Å². The van der Waals surface area contributed by atoms with Crippen LogP contribution in [-0.2, 0) is 9.59 Å². The molecule has 0 radical (unpaired) electrons. The molecule has 1 N–H and O–H groups in total. The van der Waals surface area contributed by atoms with Gasteiger partial charge < -0.3 is 5.32 Å². The van der Waals surface area contributed by atoms with Crippen molar-refractivity contribution in [1.29, 1.82) is 0 Å². The number of fused-ring (bicyclic) bond motifs is 1. The first kappa shape index (κ1) is 18.9. The van der Waals surface area contributed by atoms with E-state index in [0.29, 0.717) is 22.4 Å². The van der Waals surface area contributed by atoms with E-state index in [-0.39, 0.29) is 11.7 Å². The van der Waals surface area contributed by atoms with E-state index in [0.717, 1.165) is 16.7 Å². The molecule has 1 aromatic carbocycles. The third-order valence-electron chi connectivity index (χ3n) is 4.01. The summed E-state index contributed by atoms with van der Waals surface area (Å²) in [6.45, 7) is 1.65. The Bertz CT molecular complexity index is 940. The summed E-state index contributed by atoms with van der Waals surface area (Å²) >= 11 is 1.08. The van der Waals surface area contributed by atoms with Crippen molar-refractivity contribution in [1.82, 2.24) is 4.90 Å². The highest BCUT2D eigenvalue weighted by Crippen LogP contribution is 2.25. The smallest absolute Gasteiger partial charge is 0.325 e. The number of amides is 4. The molecule has 0 saturated heterocycles. The normalized spacial score (nSPS) is 19.6. The molecule has 0 fully saturated rings. The third-order valence-corrected chi connectivity index (χ3v) is 5.04. The summed E-state index contributed by atoms with van der Waals surface area (Å²) in [4.78, 5) is 46.3. The molecule has 1 unspecified atom stereocenters. The van der Waals surface area contributed by atoms with Gasteiger partial charge >= 0.3 is 11.9 Å². The van der Waals surface area contributed by atoms with Crippen LogP contribution >= 0.6 is 11.8 Å². The van der Waals surface area contributed by atoms with E-state index < -0.39 is 23.7 Å². The van der Waals surface area contributed by atoms with Crippen LogP contribution in [0.25, 0.3) is 0 Å². The molecule has 0 spiro atoms. The van der Waals surface area contributed by atoms with Crippen LogP contribution in [0, 0.1) is 11.7 Å². The molecule has 0 bridgehead atoms. The Morgan fingerprint density at radius 3 is 2.81 bits per heavy atom. The van der Waals surface area contributed by atoms with Gasteiger partial charge in [0, 0.05) is 12.6 Å². The second kappa shape index (κ2) is 7.39. The summed E-state index contributed by atoms with van der Waals surface area (Å²) in [5, 5.41) is 2.98. The Balaban J connectivity index is 1.76. The topological polar surface area (TPSA) is 94.2 Å². The molecule has 8 nitrogen and oxygen atoms in total. The van der Waals surface area contributed by atoms with E-state index in [2.05, 4.69) is 15.3 Å². The SMILES string of the molecule is CC1=NC2=[N+](C)C(=O)N(C)C(=O)C2C(SCC(=O)Nc2cccc(F)c2)=N1. The molecular weight excluding hydrogens is 373 g/mol. The number of rotatable bonds is 3. The summed E-state index contributed by atoms with van der Waals surface area (Å²) in [5.74, 6) is -1.42. The lowest BCUT2D eigenvalue weighted by molar-refractivity contribution is -0.407. The van der Waals surface area contributed by atoms with Gasteiger partial charge in [-0.05, 0) is 18.2 Å². The Kier molecular flexibility index (Phi) is 5.17. The average molecular weight is 390 g/mol. The van der Waals surface area contributed by atoms with Crippen LogP contribution in [0.3, 0.4) is 0 Å². The predicted octanol–water partition coefficient (Wildman–Crippen LogP) is 1.58. The van der Waals surface area contributed by atoms with Gasteiger partial charge in [0.2, 0.25) is 11.7 Å². The molecule has 2 aliphatic heterocycles. The van der Waals surface area contributed by atoms with Crippen LogP contribution in [0.1, 0.15) is 6.92 Å². The number of nitrogens with one attached hydrogen (secondary N) is 1. The number of anilines is 1. The standard InChI is InChI=1S/C17H16FN5O3S/c1-9-19-14-13(16(25)23(3)17(26)22(14)2)15(20-9)27-8-12(24)21-11-6-4-5-10(18)7-11/h4-7,13H,8H2,1-3H3/p+1. The highest BCUT2D eigenvalue weighted by Gasteiger charge is 2.48. The van der Waals surface area contributed by atoms with Crippen molar-refractivity contribution in [2.45, 2.75) is 6.92 Å². The van der Waals surface area contributed by atoms with E-state index in [1.807, 2.05) is 0 Å². The summed E-state index contributed by atoms with van der Waals surface area (Å²) in [6, 6.07) is 5.09. The minimum Gasteiger partial charge on any atom is -0.325 e. The fourth-order valence-corrected chi connectivity index (χ4v) is 3.62. The molecule has 0 saturated carbocycles. The number of aliphatic imine (C=N–C) groups is 2. The number of nitrogens with zero attached hydrogens (tertiary/aromatic N) is 4. The quantitative estimate of drug-likeness (QED) is 0.793. The minimum absolute atomic E-state index is 0.0267. The number of hydrogen-bond acceptors (Lipinski definition) is 6. The summed E-state index contributed by atoms with van der Waals surface area (Å²) in [6.07, 6.45) is 0. The molecule has 1 atom stereocenters. The molecule has 2 aliphatic rings. The maximum Gasteiger partial charge on any atom is 0.445 e. The second-order valence-electron chi connectivity index (χ2n) is 5.99. The molecule has 3 rings (SSSR count). The summed E-state index contributed by atoms with van der Waals surface area (Å²) in [5.41, 5.74) is 0.343. The third kappa shape index (κ3) is 3.80. The maximum atomic E-state index is 13.2. The Morgan fingerprint density at radius 2 is 2.11 bits per heavy atom. The lowest BCUT2D eigenvalue weighted by Crippen LogP contribution is -2.54. The van der Waals surface area contributed by atoms with Crippen LogP contribution in [0.4, 0.5) is 14.9 Å². The number of carbonyl (C=O) groups excluding carboxylic acids is 3. The fraction of sp³-hybridized carbons (Fsp3) is 0.294. The van der Waals surface area contributed by atoms with Gasteiger partial charge in [-0.25, -0.2) is 14.2 Å². The van der Waals surface area contributed by atoms with E-state index >= 15 is 0 Å². The zero-order valence-electron chi connectivity index (χ0n) is 14.9. The monoisotopic (exact) mass is 390 g/mol. The molecule has 0 aromatic heterocycles. The molecule has 10 heteroatoms. The van der Waals surface area contributed by atoms with Crippen molar-refractivity contribution in [3.63, 3.8) is 0 Å². The first-order chi connectivity index (χ1) is 12.8. The largest absolute Gasteiger partial charge is 0.445 e. The second-order valence-corrected chi connectivity index (χ2v) is 6.98. The van der Waals surface area contributed by atoms with Gasteiger partial charge in [0.15, 0.2) is 5.92 Å². The number of thioether (sulfide) groups is 1. The van der Waals surface area contributed by atoms with Crippen LogP contribution in [-0.4, -0.2) is 63.9 Å². The predicted molar refractivity (Wildman–Crippen MR) is 101 cm³/mol. The van der Waals surface area contributed by atoms with Gasteiger partial charge in [0.25, 0.3) is 5.84 Å². The average Bonchev–Trinajstić information content (AvgIpc) is 2.62. The lowest BCUT2D eigenvalue weighted by Gasteiger charge is -2.26. The van der Waals surface area contributed by atoms with E-state index in [1.54, 1.807) is 13.0 Å². The van der Waals surface area contributed by atoms with Gasteiger partial charge in [-0.1, -0.05) is 22.8 Å². The molecular formula is C17H17FN5O3S+. The summed E-state index contributed by atoms with van der Waals surface area (Å²) < 4.78 is 14.5. The molecule has 1 aromatic rings. The zero-order valence-corrected chi connectivity index (χ0v) is 15.7. The van der Waals surface area contributed by atoms with Crippen LogP contribution < -0.4 is 5.32 Å². The van der Waals surface area contributed by atoms with Crippen LogP contribution in [0.2, 0.25) is 0 Å². The molecule has 0 aliphatic carbocycles. The lowest BCUT2D eigenvalue weighted by atomic mass is 10.1. The number of hydrogen-bond donors (Lipinski definition) is 1. The Hall–Kier alpha value is -2.88. The number of imide groups is 1. The van der Waals surface area contributed by atoms with Crippen molar-refractivity contribution in [2.75, 3.05) is 25.2 Å². The number of urea groups is 1. The van der Waals surface area contributed by atoms with Gasteiger partial charge in [0.05, 0.1) is 19.8 Å². The molecule has 27 heavy (non-hydrogen) atoms. The number of benzene rings is 1. The Morgan fingerprint density at radius 1 is 1.37 bits per heavy atom. The molecule has 4 amide bonds. The highest BCUT2D eigenvalue weighted by molar-refractivity contribution is 8.14. The van der Waals surface area contributed by atoms with Crippen molar-refractivity contribution in [3.8, 4) is 0 Å². The first-order valence-electron chi connectivity index (χ1n) is 8.02. The number of carbonyl (C=O) groups is 3. The maximum absolute atomic E-state index is 13.2. The van der Waals surface area contributed by atoms with E-state index in [4.69, 9.17) is 0 Å². The van der Waals surface area contributed by atoms with Crippen molar-refractivity contribution < 1.29 is 23.3 Å². The number of halogens is 1. The van der Waals surface area contributed by atoms with Crippen molar-refractivity contribution >= 4 is 52.0 Å². The molecule has 2 heterocycles. The van der Waals surface area contributed by atoms with Crippen LogP contribution in [0.5, 0.6) is 0 Å². The highest BCUT2D eigenvalue weighted by atomic mass is 32.2. The van der Waals surface area contributed by atoms with Gasteiger partial charge in [0.1, 0.15) is 10.9 Å². The fourth-order valence-electron chi connectivity index (χ4n) is 2.70. The summed E-state index contributed by atoms with van der Waals surface area (Å²) in [7, 11) is 2.93. The van der Waals surface area contributed by atoms with E-state index in [1.165, 1.54) is 36.9 Å². The first-order valence-corrected chi connectivity index (χ1v) is 9.00. The van der Waals surface area contributed by atoms with Gasteiger partial charge in [-0.3, -0.25) is 9.59 Å². The zero-order chi connectivity index (χ0) is 19.7. The number of amidine groups is 2. The van der Waals surface area contributed by atoms with Crippen molar-refractivity contribution in [2.24, 2.45) is 15.9 Å².